The van der Waals surface area contributed by atoms with Gasteiger partial charge in [-0.1, -0.05) is 26.0 Å². The van der Waals surface area contributed by atoms with Crippen LogP contribution in [0.1, 0.15) is 26.7 Å². The Kier molecular flexibility index (Phi) is 2.45. The van der Waals surface area contributed by atoms with Crippen molar-refractivity contribution >= 4 is 12.6 Å². The number of hydrogen-bond acceptors (Lipinski definition) is 1. The fourth-order valence-electron chi connectivity index (χ4n) is 1.61. The van der Waals surface area contributed by atoms with E-state index in [1.165, 1.54) is 12.0 Å². The highest BCUT2D eigenvalue weighted by Gasteiger charge is 2.24. The molecule has 1 rings (SSSR count). The summed E-state index contributed by atoms with van der Waals surface area (Å²) in [6, 6.07) is 0. The quantitative estimate of drug-likeness (QED) is 0.404. The Labute approximate surface area is 69.1 Å². The highest BCUT2D eigenvalue weighted by molar-refractivity contribution is 7.80. The Morgan fingerprint density at radius 3 is 2.60 bits per heavy atom. The van der Waals surface area contributed by atoms with E-state index in [2.05, 4.69) is 33.1 Å². The van der Waals surface area contributed by atoms with E-state index >= 15 is 0 Å². The first-order valence-corrected chi connectivity index (χ1v) is 4.48. The number of rotatable bonds is 0. The minimum Gasteiger partial charge on any atom is -0.176 e. The van der Waals surface area contributed by atoms with Crippen LogP contribution in [0.3, 0.4) is 0 Å². The molecule has 1 aliphatic rings. The molecule has 0 nitrogen and oxygen atoms in total. The average molecular weight is 156 g/mol. The summed E-state index contributed by atoms with van der Waals surface area (Å²) in [6.07, 6.45) is 2.37. The summed E-state index contributed by atoms with van der Waals surface area (Å²) in [6.45, 7) is 8.61. The summed E-state index contributed by atoms with van der Waals surface area (Å²) in [5, 5.41) is 0.568. The highest BCUT2D eigenvalue weighted by Crippen LogP contribution is 2.34. The van der Waals surface area contributed by atoms with Gasteiger partial charge in [-0.05, 0) is 24.7 Å². The average Bonchev–Trinajstić information content (AvgIpc) is 1.82. The highest BCUT2D eigenvalue weighted by atomic mass is 32.1. The first-order chi connectivity index (χ1) is 4.61. The van der Waals surface area contributed by atoms with Gasteiger partial charge in [-0.15, -0.1) is 0 Å². The molecule has 58 valence electrons. The van der Waals surface area contributed by atoms with Crippen molar-refractivity contribution in [2.45, 2.75) is 31.9 Å². The first kappa shape index (κ1) is 8.19. The van der Waals surface area contributed by atoms with E-state index in [0.29, 0.717) is 11.2 Å². The van der Waals surface area contributed by atoms with Crippen molar-refractivity contribution in [3.05, 3.63) is 12.2 Å². The molecular formula is C9H16S. The van der Waals surface area contributed by atoms with Crippen molar-refractivity contribution in [2.75, 3.05) is 0 Å². The normalized spacial score (nSPS) is 41.9. The molecule has 0 N–H and O–H groups in total. The van der Waals surface area contributed by atoms with Crippen LogP contribution in [0.15, 0.2) is 12.2 Å². The van der Waals surface area contributed by atoms with Gasteiger partial charge in [-0.2, -0.15) is 12.6 Å². The second kappa shape index (κ2) is 3.00. The molecule has 1 heteroatoms. The van der Waals surface area contributed by atoms with Crippen LogP contribution in [0.4, 0.5) is 0 Å². The third-order valence-corrected chi connectivity index (χ3v) is 3.03. The largest absolute Gasteiger partial charge is 0.176 e. The zero-order chi connectivity index (χ0) is 7.72. The summed E-state index contributed by atoms with van der Waals surface area (Å²) in [4.78, 5) is 0. The van der Waals surface area contributed by atoms with E-state index in [1.807, 2.05) is 0 Å². The Hall–Kier alpha value is 0.0900. The fourth-order valence-corrected chi connectivity index (χ4v) is 2.17. The van der Waals surface area contributed by atoms with Gasteiger partial charge in [0.1, 0.15) is 0 Å². The Bertz CT molecular complexity index is 140. The van der Waals surface area contributed by atoms with Crippen LogP contribution in [-0.4, -0.2) is 5.25 Å². The van der Waals surface area contributed by atoms with Crippen molar-refractivity contribution in [1.82, 2.24) is 0 Å². The topological polar surface area (TPSA) is 0 Å². The van der Waals surface area contributed by atoms with Gasteiger partial charge in [0.15, 0.2) is 0 Å². The molecule has 10 heavy (non-hydrogen) atoms. The fraction of sp³-hybridized carbons (Fsp3) is 0.778. The monoisotopic (exact) mass is 156 g/mol. The van der Waals surface area contributed by atoms with Gasteiger partial charge >= 0.3 is 0 Å². The van der Waals surface area contributed by atoms with Gasteiger partial charge < -0.3 is 0 Å². The third-order valence-electron chi connectivity index (χ3n) is 2.64. The first-order valence-electron chi connectivity index (χ1n) is 3.97. The molecule has 0 spiro atoms. The lowest BCUT2D eigenvalue weighted by atomic mass is 9.78. The Morgan fingerprint density at radius 2 is 2.10 bits per heavy atom. The number of allylic oxidation sites excluding steroid dienone is 1. The van der Waals surface area contributed by atoms with Crippen LogP contribution in [0.5, 0.6) is 0 Å². The summed E-state index contributed by atoms with van der Waals surface area (Å²) in [5.41, 5.74) is 1.39. The molecule has 0 saturated heterocycles. The molecule has 0 heterocycles. The van der Waals surface area contributed by atoms with E-state index in [1.54, 1.807) is 0 Å². The lowest BCUT2D eigenvalue weighted by Crippen LogP contribution is -2.22. The zero-order valence-electron chi connectivity index (χ0n) is 6.80. The molecule has 0 aromatic carbocycles. The van der Waals surface area contributed by atoms with E-state index in [9.17, 15) is 0 Å². The predicted octanol–water partition coefficient (Wildman–Crippen LogP) is 2.91. The summed E-state index contributed by atoms with van der Waals surface area (Å²) in [5.74, 6) is 1.49. The van der Waals surface area contributed by atoms with Crippen molar-refractivity contribution in [3.63, 3.8) is 0 Å². The molecule has 1 aliphatic carbocycles. The zero-order valence-corrected chi connectivity index (χ0v) is 7.70. The SMILES string of the molecule is C=C1CC(S)C[C@H](C)C1C. The maximum Gasteiger partial charge on any atom is 0.00567 e. The lowest BCUT2D eigenvalue weighted by Gasteiger charge is -2.31. The molecule has 0 bridgehead atoms. The second-order valence-electron chi connectivity index (χ2n) is 3.52. The standard InChI is InChI=1S/C9H16S/c1-6-4-9(10)5-7(2)8(6)3/h7-10H,1,4-5H2,2-3H3/t7-,8?,9?/m0/s1. The van der Waals surface area contributed by atoms with Gasteiger partial charge in [-0.25, -0.2) is 0 Å². The molecule has 3 atom stereocenters. The second-order valence-corrected chi connectivity index (χ2v) is 4.25. The van der Waals surface area contributed by atoms with Gasteiger partial charge in [-0.3, -0.25) is 0 Å². The predicted molar refractivity (Wildman–Crippen MR) is 49.5 cm³/mol. The van der Waals surface area contributed by atoms with Gasteiger partial charge in [0.05, 0.1) is 0 Å². The van der Waals surface area contributed by atoms with E-state index in [4.69, 9.17) is 0 Å². The van der Waals surface area contributed by atoms with Gasteiger partial charge in [0.25, 0.3) is 0 Å². The number of thiol groups is 1. The van der Waals surface area contributed by atoms with Crippen molar-refractivity contribution in [3.8, 4) is 0 Å². The molecule has 0 aromatic rings. The van der Waals surface area contributed by atoms with E-state index in [-0.39, 0.29) is 0 Å². The Morgan fingerprint density at radius 1 is 1.50 bits per heavy atom. The van der Waals surface area contributed by atoms with Crippen LogP contribution in [0, 0.1) is 11.8 Å². The molecule has 1 fully saturated rings. The molecule has 2 unspecified atom stereocenters. The van der Waals surface area contributed by atoms with Crippen LogP contribution < -0.4 is 0 Å². The van der Waals surface area contributed by atoms with Crippen LogP contribution >= 0.6 is 12.6 Å². The molecule has 1 saturated carbocycles. The minimum absolute atomic E-state index is 0.568. The lowest BCUT2D eigenvalue weighted by molar-refractivity contribution is 0.358. The molecular weight excluding hydrogens is 140 g/mol. The number of hydrogen-bond donors (Lipinski definition) is 1. The van der Waals surface area contributed by atoms with Crippen molar-refractivity contribution in [1.29, 1.82) is 0 Å². The molecule has 0 aliphatic heterocycles. The van der Waals surface area contributed by atoms with Crippen molar-refractivity contribution in [2.24, 2.45) is 11.8 Å². The maximum atomic E-state index is 4.46. The molecule has 0 amide bonds. The van der Waals surface area contributed by atoms with Gasteiger partial charge in [0.2, 0.25) is 0 Å². The van der Waals surface area contributed by atoms with Crippen molar-refractivity contribution < 1.29 is 0 Å². The maximum absolute atomic E-state index is 4.46. The summed E-state index contributed by atoms with van der Waals surface area (Å²) >= 11 is 4.46. The molecule has 0 aromatic heterocycles. The van der Waals surface area contributed by atoms with Crippen LogP contribution in [0.25, 0.3) is 0 Å². The van der Waals surface area contributed by atoms with Crippen LogP contribution in [0.2, 0.25) is 0 Å². The minimum atomic E-state index is 0.568. The van der Waals surface area contributed by atoms with Gasteiger partial charge in [0, 0.05) is 5.25 Å². The van der Waals surface area contributed by atoms with Crippen LogP contribution in [-0.2, 0) is 0 Å². The Balaban J connectivity index is 2.57. The summed E-state index contributed by atoms with van der Waals surface area (Å²) < 4.78 is 0. The summed E-state index contributed by atoms with van der Waals surface area (Å²) in [7, 11) is 0. The smallest absolute Gasteiger partial charge is 0.00567 e. The van der Waals surface area contributed by atoms with E-state index in [0.717, 1.165) is 12.3 Å². The van der Waals surface area contributed by atoms with E-state index < -0.39 is 0 Å². The molecule has 0 radical (unpaired) electrons. The third kappa shape index (κ3) is 1.57.